The number of aryl methyl sites for hydroxylation is 1. The van der Waals surface area contributed by atoms with Gasteiger partial charge in [0.2, 0.25) is 0 Å². The normalized spacial score (nSPS) is 12.8. The summed E-state index contributed by atoms with van der Waals surface area (Å²) in [7, 11) is 1.36. The van der Waals surface area contributed by atoms with Crippen LogP contribution in [0.4, 0.5) is 4.39 Å². The maximum absolute atomic E-state index is 12.8. The van der Waals surface area contributed by atoms with Crippen LogP contribution in [0.15, 0.2) is 24.3 Å². The van der Waals surface area contributed by atoms with Crippen LogP contribution in [0.3, 0.4) is 0 Å². The molecule has 0 bridgehead atoms. The highest BCUT2D eigenvalue weighted by Gasteiger charge is 2.14. The van der Waals surface area contributed by atoms with Gasteiger partial charge in [-0.25, -0.2) is 4.39 Å². The lowest BCUT2D eigenvalue weighted by Crippen LogP contribution is -2.28. The maximum atomic E-state index is 12.8. The number of rotatable bonds is 11. The van der Waals surface area contributed by atoms with Gasteiger partial charge in [-0.05, 0) is 43.9 Å². The Bertz CT molecular complexity index is 368. The van der Waals surface area contributed by atoms with Crippen molar-refractivity contribution in [2.45, 2.75) is 51.6 Å². The third kappa shape index (κ3) is 8.31. The molecule has 5 heteroatoms. The van der Waals surface area contributed by atoms with E-state index in [1.165, 1.54) is 30.5 Å². The molecule has 0 aliphatic rings. The van der Waals surface area contributed by atoms with E-state index in [2.05, 4.69) is 6.92 Å². The van der Waals surface area contributed by atoms with Gasteiger partial charge in [0.15, 0.2) is 0 Å². The topological polar surface area (TPSA) is 27.7 Å². The zero-order valence-electron chi connectivity index (χ0n) is 13.3. The van der Waals surface area contributed by atoms with Crippen LogP contribution in [0.25, 0.3) is 0 Å². The third-order valence-corrected chi connectivity index (χ3v) is 4.92. The molecule has 0 heterocycles. The Morgan fingerprint density at radius 3 is 2.24 bits per heavy atom. The van der Waals surface area contributed by atoms with E-state index in [1.807, 2.05) is 12.1 Å². The number of benzene rings is 1. The Labute approximate surface area is 129 Å². The smallest absolute Gasteiger partial charge is 0.379 e. The molecule has 1 rings (SSSR count). The molecule has 3 nitrogen and oxygen atoms in total. The fourth-order valence-electron chi connectivity index (χ4n) is 2.23. The van der Waals surface area contributed by atoms with Crippen molar-refractivity contribution in [1.82, 2.24) is 0 Å². The molecule has 0 amide bonds. The van der Waals surface area contributed by atoms with Crippen LogP contribution in [-0.2, 0) is 19.7 Å². The summed E-state index contributed by atoms with van der Waals surface area (Å²) < 4.78 is 28.7. The molecule has 0 aliphatic heterocycles. The molecule has 0 N–H and O–H groups in total. The van der Waals surface area contributed by atoms with Crippen LogP contribution >= 0.6 is 0 Å². The summed E-state index contributed by atoms with van der Waals surface area (Å²) in [4.78, 5) is 0. The van der Waals surface area contributed by atoms with Crippen molar-refractivity contribution in [1.29, 1.82) is 0 Å². The van der Waals surface area contributed by atoms with Crippen LogP contribution < -0.4 is 0 Å². The summed E-state index contributed by atoms with van der Waals surface area (Å²) in [6, 6.07) is 6.79. The monoisotopic (exact) mass is 314 g/mol. The first kappa shape index (κ1) is 18.3. The quantitative estimate of drug-likeness (QED) is 0.460. The van der Waals surface area contributed by atoms with Gasteiger partial charge in [-0.3, -0.25) is 0 Å². The van der Waals surface area contributed by atoms with Crippen molar-refractivity contribution in [3.05, 3.63) is 35.6 Å². The molecule has 0 saturated carbocycles. The highest BCUT2D eigenvalue weighted by molar-refractivity contribution is 6.36. The first-order valence-electron chi connectivity index (χ1n) is 7.61. The second kappa shape index (κ2) is 10.9. The molecule has 0 aromatic heterocycles. The summed E-state index contributed by atoms with van der Waals surface area (Å²) in [6.07, 6.45) is 6.94. The van der Waals surface area contributed by atoms with Crippen molar-refractivity contribution in [3.63, 3.8) is 0 Å². The van der Waals surface area contributed by atoms with E-state index in [0.717, 1.165) is 25.7 Å². The van der Waals surface area contributed by atoms with Crippen LogP contribution in [-0.4, -0.2) is 29.9 Å². The predicted octanol–water partition coefficient (Wildman–Crippen LogP) is 3.73. The Balaban J connectivity index is 2.02. The van der Waals surface area contributed by atoms with Gasteiger partial charge in [-0.1, -0.05) is 31.4 Å². The van der Waals surface area contributed by atoms with Gasteiger partial charge in [-0.2, -0.15) is 0 Å². The molecule has 0 fully saturated rings. The molecular formula is C16H27FO3Si. The fraction of sp³-hybridized carbons (Fsp3) is 0.625. The second-order valence-electron chi connectivity index (χ2n) is 5.29. The minimum Gasteiger partial charge on any atom is -0.379 e. The molecule has 120 valence electrons. The van der Waals surface area contributed by atoms with Crippen molar-refractivity contribution >= 4 is 9.53 Å². The first-order chi connectivity index (χ1) is 10.2. The van der Waals surface area contributed by atoms with Crippen molar-refractivity contribution < 1.29 is 17.7 Å². The van der Waals surface area contributed by atoms with Gasteiger partial charge < -0.3 is 13.3 Å². The highest BCUT2D eigenvalue weighted by Crippen LogP contribution is 2.12. The van der Waals surface area contributed by atoms with Crippen LogP contribution in [0.5, 0.6) is 0 Å². The van der Waals surface area contributed by atoms with Crippen LogP contribution in [0.2, 0.25) is 0 Å². The third-order valence-electron chi connectivity index (χ3n) is 3.47. The van der Waals surface area contributed by atoms with Gasteiger partial charge >= 0.3 is 9.53 Å². The number of hydrogen-bond donors (Lipinski definition) is 0. The van der Waals surface area contributed by atoms with E-state index in [-0.39, 0.29) is 11.9 Å². The molecule has 0 spiro atoms. The van der Waals surface area contributed by atoms with E-state index in [4.69, 9.17) is 13.3 Å². The SMILES string of the molecule is CO[SiH](OC)OC(C)CCCCCCc1ccc(F)cc1. The minimum absolute atomic E-state index is 0.165. The first-order valence-corrected chi connectivity index (χ1v) is 9.02. The molecule has 0 saturated heterocycles. The Hall–Kier alpha value is -0.753. The molecule has 1 unspecified atom stereocenters. The largest absolute Gasteiger partial charge is 0.483 e. The Morgan fingerprint density at radius 1 is 1.00 bits per heavy atom. The van der Waals surface area contributed by atoms with E-state index < -0.39 is 9.53 Å². The summed E-state index contributed by atoms with van der Waals surface area (Å²) in [5, 5.41) is 0. The standard InChI is InChI=1S/C16H27FO3Si/c1-14(20-21(18-2)19-3)8-6-4-5-7-9-15-10-12-16(17)13-11-15/h10-14,21H,4-9H2,1-3H3. The lowest BCUT2D eigenvalue weighted by Gasteiger charge is -2.17. The summed E-state index contributed by atoms with van der Waals surface area (Å²) >= 11 is 0. The molecule has 1 aromatic rings. The zero-order valence-corrected chi connectivity index (χ0v) is 14.5. The molecule has 1 atom stereocenters. The number of hydrogen-bond acceptors (Lipinski definition) is 3. The maximum Gasteiger partial charge on any atom is 0.483 e. The summed E-state index contributed by atoms with van der Waals surface area (Å²) in [5.41, 5.74) is 1.21. The van der Waals surface area contributed by atoms with Crippen molar-refractivity contribution in [2.24, 2.45) is 0 Å². The zero-order chi connectivity index (χ0) is 15.5. The lowest BCUT2D eigenvalue weighted by molar-refractivity contribution is 0.0892. The summed E-state index contributed by atoms with van der Waals surface area (Å²) in [5.74, 6) is -0.165. The predicted molar refractivity (Wildman–Crippen MR) is 84.9 cm³/mol. The molecule has 1 aromatic carbocycles. The second-order valence-corrected chi connectivity index (χ2v) is 7.08. The van der Waals surface area contributed by atoms with Gasteiger partial charge in [0, 0.05) is 20.3 Å². The number of halogens is 1. The fourth-order valence-corrected chi connectivity index (χ4v) is 3.16. The van der Waals surface area contributed by atoms with Crippen LogP contribution in [0, 0.1) is 5.82 Å². The number of unbranched alkanes of at least 4 members (excludes halogenated alkanes) is 3. The van der Waals surface area contributed by atoms with Gasteiger partial charge in [0.1, 0.15) is 5.82 Å². The van der Waals surface area contributed by atoms with E-state index >= 15 is 0 Å². The minimum atomic E-state index is -1.89. The average Bonchev–Trinajstić information content (AvgIpc) is 2.50. The Kier molecular flexibility index (Phi) is 9.50. The lowest BCUT2D eigenvalue weighted by atomic mass is 10.0. The highest BCUT2D eigenvalue weighted by atomic mass is 28.3. The van der Waals surface area contributed by atoms with E-state index in [1.54, 1.807) is 14.2 Å². The molecule has 0 aliphatic carbocycles. The van der Waals surface area contributed by atoms with Crippen molar-refractivity contribution in [2.75, 3.05) is 14.2 Å². The van der Waals surface area contributed by atoms with Gasteiger partial charge in [-0.15, -0.1) is 0 Å². The van der Waals surface area contributed by atoms with Crippen LogP contribution in [0.1, 0.15) is 44.6 Å². The molecule has 21 heavy (non-hydrogen) atoms. The van der Waals surface area contributed by atoms with Gasteiger partial charge in [0.05, 0.1) is 0 Å². The summed E-state index contributed by atoms with van der Waals surface area (Å²) in [6.45, 7) is 2.07. The van der Waals surface area contributed by atoms with E-state index in [9.17, 15) is 4.39 Å². The van der Waals surface area contributed by atoms with E-state index in [0.29, 0.717) is 0 Å². The Morgan fingerprint density at radius 2 is 1.62 bits per heavy atom. The molecule has 0 radical (unpaired) electrons. The van der Waals surface area contributed by atoms with Gasteiger partial charge in [0.25, 0.3) is 0 Å². The average molecular weight is 314 g/mol. The molecular weight excluding hydrogens is 287 g/mol. The van der Waals surface area contributed by atoms with Crippen molar-refractivity contribution in [3.8, 4) is 0 Å².